The third kappa shape index (κ3) is 7.14. The summed E-state index contributed by atoms with van der Waals surface area (Å²) in [6.07, 6.45) is 8.92. The van der Waals surface area contributed by atoms with E-state index >= 15 is 0 Å². The molecule has 184 valence electrons. The van der Waals surface area contributed by atoms with Crippen molar-refractivity contribution in [3.8, 4) is 0 Å². The van der Waals surface area contributed by atoms with Gasteiger partial charge in [0.25, 0.3) is 0 Å². The van der Waals surface area contributed by atoms with Gasteiger partial charge in [-0.3, -0.25) is 4.79 Å². The highest BCUT2D eigenvalue weighted by molar-refractivity contribution is 5.69. The maximum Gasteiger partial charge on any atom is 0.308 e. The smallest absolute Gasteiger partial charge is 0.308 e. The number of ether oxygens (including phenoxy) is 4. The lowest BCUT2D eigenvalue weighted by Gasteiger charge is -2.35. The first-order valence-electron chi connectivity index (χ1n) is 12.0. The molecule has 0 bridgehead atoms. The lowest BCUT2D eigenvalue weighted by atomic mass is 9.85. The Morgan fingerprint density at radius 1 is 1.25 bits per heavy atom. The third-order valence-electron chi connectivity index (χ3n) is 7.08. The van der Waals surface area contributed by atoms with E-state index < -0.39 is 6.10 Å². The molecule has 0 radical (unpaired) electrons. The predicted octanol–water partition coefficient (Wildman–Crippen LogP) is 4.45. The molecule has 2 fully saturated rings. The van der Waals surface area contributed by atoms with E-state index in [-0.39, 0.29) is 41.9 Å². The zero-order valence-electron chi connectivity index (χ0n) is 21.2. The molecular formula is C26H44O6. The quantitative estimate of drug-likeness (QED) is 0.283. The predicted molar refractivity (Wildman–Crippen MR) is 125 cm³/mol. The minimum absolute atomic E-state index is 0.0272. The Balaban J connectivity index is 1.89. The van der Waals surface area contributed by atoms with Gasteiger partial charge in [-0.05, 0) is 57.4 Å². The molecule has 0 spiro atoms. The minimum atomic E-state index is -0.523. The molecule has 32 heavy (non-hydrogen) atoms. The van der Waals surface area contributed by atoms with E-state index in [4.69, 9.17) is 18.9 Å². The number of aliphatic hydroxyl groups is 1. The summed E-state index contributed by atoms with van der Waals surface area (Å²) in [5.74, 6) is 0.693. The molecule has 9 atom stereocenters. The van der Waals surface area contributed by atoms with E-state index in [0.717, 1.165) is 19.3 Å². The molecule has 0 aromatic heterocycles. The molecule has 2 unspecified atom stereocenters. The van der Waals surface area contributed by atoms with Crippen LogP contribution in [0.4, 0.5) is 0 Å². The summed E-state index contributed by atoms with van der Waals surface area (Å²) in [4.78, 5) is 11.6. The van der Waals surface area contributed by atoms with Crippen LogP contribution in [0.5, 0.6) is 0 Å². The normalized spacial score (nSPS) is 34.7. The summed E-state index contributed by atoms with van der Waals surface area (Å²) < 4.78 is 22.5. The summed E-state index contributed by atoms with van der Waals surface area (Å²) in [5, 5.41) is 9.95. The molecule has 0 aromatic carbocycles. The Morgan fingerprint density at radius 2 is 1.94 bits per heavy atom. The molecule has 2 aliphatic rings. The van der Waals surface area contributed by atoms with Gasteiger partial charge in [0, 0.05) is 13.0 Å². The topological polar surface area (TPSA) is 77.5 Å². The lowest BCUT2D eigenvalue weighted by molar-refractivity contribution is -0.147. The molecule has 2 heterocycles. The standard InChI is InChI=1S/C26H44O6/c1-16(15-26(6)25(32-26)19(4)24(30-8)20(5)27)10-9-11-17(2)23-18(3)12-13-21(31-23)14-22(28)29-7/h9-11,16,18-21,23-25,27H,12-15H2,1-8H3/b10-9+,17-11+/t16-,18+,19-,20?,21-,23-,24-,25-,26?/m1/s1. The van der Waals surface area contributed by atoms with Gasteiger partial charge in [-0.1, -0.05) is 39.0 Å². The number of carbonyl (C=O) groups excluding carboxylic acids is 1. The minimum Gasteiger partial charge on any atom is -0.469 e. The van der Waals surface area contributed by atoms with E-state index in [1.54, 1.807) is 14.0 Å². The van der Waals surface area contributed by atoms with Crippen LogP contribution in [-0.4, -0.2) is 61.4 Å². The zero-order valence-corrected chi connectivity index (χ0v) is 21.2. The van der Waals surface area contributed by atoms with Crippen LogP contribution in [0.1, 0.15) is 67.2 Å². The number of hydrogen-bond acceptors (Lipinski definition) is 6. The van der Waals surface area contributed by atoms with Crippen LogP contribution in [-0.2, 0) is 23.7 Å². The van der Waals surface area contributed by atoms with Gasteiger partial charge in [0.1, 0.15) is 0 Å². The molecule has 6 heteroatoms. The van der Waals surface area contributed by atoms with Crippen LogP contribution in [0.3, 0.4) is 0 Å². The van der Waals surface area contributed by atoms with Gasteiger partial charge in [0.05, 0.1) is 49.7 Å². The van der Waals surface area contributed by atoms with Crippen LogP contribution in [0.15, 0.2) is 23.8 Å². The number of aliphatic hydroxyl groups excluding tert-OH is 1. The Hall–Kier alpha value is -1.21. The van der Waals surface area contributed by atoms with Crippen molar-refractivity contribution in [2.24, 2.45) is 17.8 Å². The Bertz CT molecular complexity index is 671. The number of esters is 1. The van der Waals surface area contributed by atoms with E-state index in [2.05, 4.69) is 52.8 Å². The lowest BCUT2D eigenvalue weighted by Crippen LogP contribution is -2.36. The van der Waals surface area contributed by atoms with Gasteiger partial charge in [0.15, 0.2) is 0 Å². The van der Waals surface area contributed by atoms with E-state index in [0.29, 0.717) is 18.3 Å². The molecule has 0 saturated carbocycles. The number of allylic oxidation sites excluding steroid dienone is 3. The van der Waals surface area contributed by atoms with E-state index in [1.165, 1.54) is 12.7 Å². The molecule has 2 saturated heterocycles. The van der Waals surface area contributed by atoms with Gasteiger partial charge >= 0.3 is 5.97 Å². The fourth-order valence-corrected chi connectivity index (χ4v) is 5.29. The largest absolute Gasteiger partial charge is 0.469 e. The van der Waals surface area contributed by atoms with Crippen molar-refractivity contribution in [2.75, 3.05) is 14.2 Å². The molecule has 2 aliphatic heterocycles. The molecule has 0 aliphatic carbocycles. The highest BCUT2D eigenvalue weighted by Gasteiger charge is 2.56. The first-order valence-corrected chi connectivity index (χ1v) is 12.0. The highest BCUT2D eigenvalue weighted by atomic mass is 16.6. The first kappa shape index (κ1) is 27.0. The molecule has 6 nitrogen and oxygen atoms in total. The second-order valence-electron chi connectivity index (χ2n) is 10.1. The fraction of sp³-hybridized carbons (Fsp3) is 0.808. The van der Waals surface area contributed by atoms with Crippen molar-refractivity contribution < 1.29 is 28.8 Å². The zero-order chi connectivity index (χ0) is 24.1. The first-order chi connectivity index (χ1) is 15.0. The summed E-state index contributed by atoms with van der Waals surface area (Å²) in [7, 11) is 3.06. The van der Waals surface area contributed by atoms with Crippen LogP contribution in [0, 0.1) is 17.8 Å². The maximum absolute atomic E-state index is 11.6. The Morgan fingerprint density at radius 3 is 2.53 bits per heavy atom. The Kier molecular flexibility index (Phi) is 9.95. The van der Waals surface area contributed by atoms with Gasteiger partial charge in [-0.25, -0.2) is 0 Å². The average molecular weight is 453 g/mol. The van der Waals surface area contributed by atoms with Gasteiger partial charge in [-0.2, -0.15) is 0 Å². The van der Waals surface area contributed by atoms with Crippen LogP contribution >= 0.6 is 0 Å². The maximum atomic E-state index is 11.6. The number of hydrogen-bond donors (Lipinski definition) is 1. The van der Waals surface area contributed by atoms with Crippen LogP contribution < -0.4 is 0 Å². The molecule has 1 N–H and O–H groups in total. The number of epoxide rings is 1. The van der Waals surface area contributed by atoms with Crippen LogP contribution in [0.25, 0.3) is 0 Å². The SMILES string of the molecule is COC(=O)C[C@H]1CC[C@H](C)[C@@H](/C(C)=C/C=C/[C@@H](C)CC2(C)O[C@@H]2[C@H](C)[C@@H](OC)C(C)O)O1. The van der Waals surface area contributed by atoms with Crippen molar-refractivity contribution >= 4 is 5.97 Å². The van der Waals surface area contributed by atoms with Crippen molar-refractivity contribution in [1.82, 2.24) is 0 Å². The summed E-state index contributed by atoms with van der Waals surface area (Å²) in [5.41, 5.74) is 0.992. The van der Waals surface area contributed by atoms with Gasteiger partial charge in [0.2, 0.25) is 0 Å². The summed E-state index contributed by atoms with van der Waals surface area (Å²) in [6.45, 7) is 12.5. The third-order valence-corrected chi connectivity index (χ3v) is 7.08. The van der Waals surface area contributed by atoms with Gasteiger partial charge in [-0.15, -0.1) is 0 Å². The number of rotatable bonds is 11. The second kappa shape index (κ2) is 11.8. The van der Waals surface area contributed by atoms with Crippen molar-refractivity contribution in [2.45, 2.75) is 103 Å². The van der Waals surface area contributed by atoms with E-state index in [1.807, 2.05) is 0 Å². The van der Waals surface area contributed by atoms with Crippen LogP contribution in [0.2, 0.25) is 0 Å². The number of methoxy groups -OCH3 is 2. The van der Waals surface area contributed by atoms with Crippen molar-refractivity contribution in [3.05, 3.63) is 23.8 Å². The molecule has 0 amide bonds. The van der Waals surface area contributed by atoms with Gasteiger partial charge < -0.3 is 24.1 Å². The van der Waals surface area contributed by atoms with Crippen molar-refractivity contribution in [1.29, 1.82) is 0 Å². The number of carbonyl (C=O) groups is 1. The molecule has 0 aromatic rings. The monoisotopic (exact) mass is 452 g/mol. The average Bonchev–Trinajstić information content (AvgIpc) is 3.39. The highest BCUT2D eigenvalue weighted by Crippen LogP contribution is 2.47. The molecule has 2 rings (SSSR count). The summed E-state index contributed by atoms with van der Waals surface area (Å²) in [6, 6.07) is 0. The van der Waals surface area contributed by atoms with Crippen molar-refractivity contribution in [3.63, 3.8) is 0 Å². The molecular weight excluding hydrogens is 408 g/mol. The fourth-order valence-electron chi connectivity index (χ4n) is 5.29. The summed E-state index contributed by atoms with van der Waals surface area (Å²) >= 11 is 0. The second-order valence-corrected chi connectivity index (χ2v) is 10.1. The Labute approximate surface area is 194 Å². The van der Waals surface area contributed by atoms with E-state index in [9.17, 15) is 9.90 Å².